The molecule has 1 fully saturated rings. The van der Waals surface area contributed by atoms with Crippen molar-refractivity contribution in [2.24, 2.45) is 0 Å². The van der Waals surface area contributed by atoms with Crippen LogP contribution in [0.15, 0.2) is 66.9 Å². The van der Waals surface area contributed by atoms with Gasteiger partial charge in [0.05, 0.1) is 12.8 Å². The van der Waals surface area contributed by atoms with Crippen molar-refractivity contribution in [2.75, 3.05) is 25.1 Å². The van der Waals surface area contributed by atoms with Gasteiger partial charge in [-0.2, -0.15) is 0 Å². The molecule has 192 valence electrons. The minimum Gasteiger partial charge on any atom is -0.497 e. The van der Waals surface area contributed by atoms with Gasteiger partial charge in [-0.25, -0.2) is 4.98 Å². The first-order chi connectivity index (χ1) is 18.0. The number of rotatable bonds is 8. The minimum absolute atomic E-state index is 0.144. The Hall–Kier alpha value is -3.71. The summed E-state index contributed by atoms with van der Waals surface area (Å²) < 4.78 is 13.2. The van der Waals surface area contributed by atoms with Crippen LogP contribution in [0.1, 0.15) is 41.5 Å². The Kier molecular flexibility index (Phi) is 7.51. The van der Waals surface area contributed by atoms with E-state index in [0.717, 1.165) is 48.7 Å². The lowest BCUT2D eigenvalue weighted by Gasteiger charge is -2.33. The van der Waals surface area contributed by atoms with E-state index in [-0.39, 0.29) is 12.0 Å². The van der Waals surface area contributed by atoms with Gasteiger partial charge in [-0.3, -0.25) is 9.20 Å². The van der Waals surface area contributed by atoms with Crippen LogP contribution >= 0.6 is 11.6 Å². The smallest absolute Gasteiger partial charge is 0.270 e. The summed E-state index contributed by atoms with van der Waals surface area (Å²) in [4.78, 5) is 20.0. The highest BCUT2D eigenvalue weighted by atomic mass is 35.5. The van der Waals surface area contributed by atoms with Gasteiger partial charge in [0, 0.05) is 55.4 Å². The SMILES string of the molecule is CCc1nc2cc(Cl)ccn2c1C(=O)NCc1ccc(N2CCC(Oc3ccc(OC)cc3)CC2)cc1. The van der Waals surface area contributed by atoms with E-state index < -0.39 is 0 Å². The van der Waals surface area contributed by atoms with Crippen molar-refractivity contribution in [3.63, 3.8) is 0 Å². The number of ether oxygens (including phenoxy) is 2. The van der Waals surface area contributed by atoms with E-state index >= 15 is 0 Å². The summed E-state index contributed by atoms with van der Waals surface area (Å²) in [6.07, 6.45) is 4.60. The van der Waals surface area contributed by atoms with Gasteiger partial charge in [0.2, 0.25) is 0 Å². The average Bonchev–Trinajstić information content (AvgIpc) is 3.30. The van der Waals surface area contributed by atoms with Crippen molar-refractivity contribution in [3.05, 3.63) is 88.8 Å². The average molecular weight is 519 g/mol. The maximum Gasteiger partial charge on any atom is 0.270 e. The van der Waals surface area contributed by atoms with Crippen molar-refractivity contribution in [1.29, 1.82) is 0 Å². The van der Waals surface area contributed by atoms with Crippen molar-refractivity contribution in [2.45, 2.75) is 38.8 Å². The predicted octanol–water partition coefficient (Wildman–Crippen LogP) is 5.54. The number of piperidine rings is 1. The number of aryl methyl sites for hydroxylation is 1. The summed E-state index contributed by atoms with van der Waals surface area (Å²) in [5.41, 5.74) is 4.23. The Morgan fingerprint density at radius 1 is 1.05 bits per heavy atom. The number of carbonyl (C=O) groups is 1. The van der Waals surface area contributed by atoms with E-state index in [1.54, 1.807) is 29.8 Å². The normalized spacial score (nSPS) is 14.1. The molecule has 1 N–H and O–H groups in total. The van der Waals surface area contributed by atoms with Gasteiger partial charge in [0.1, 0.15) is 28.9 Å². The predicted molar refractivity (Wildman–Crippen MR) is 146 cm³/mol. The van der Waals surface area contributed by atoms with Crippen molar-refractivity contribution in [3.8, 4) is 11.5 Å². The van der Waals surface area contributed by atoms with Crippen LogP contribution in [0, 0.1) is 0 Å². The third-order valence-corrected chi connectivity index (χ3v) is 7.00. The zero-order valence-corrected chi connectivity index (χ0v) is 21.9. The van der Waals surface area contributed by atoms with Crippen LogP contribution in [0.3, 0.4) is 0 Å². The maximum absolute atomic E-state index is 13.0. The van der Waals surface area contributed by atoms with Crippen LogP contribution in [-0.4, -0.2) is 41.6 Å². The molecular formula is C29H31ClN4O3. The van der Waals surface area contributed by atoms with E-state index in [4.69, 9.17) is 21.1 Å². The summed E-state index contributed by atoms with van der Waals surface area (Å²) in [5.74, 6) is 1.57. The standard InChI is InChI=1S/C29H31ClN4O3/c1-3-26-28(34-17-12-21(30)18-27(34)32-26)29(35)31-19-20-4-6-22(7-5-20)33-15-13-25(14-16-33)37-24-10-8-23(36-2)9-11-24/h4-12,17-18,25H,3,13-16,19H2,1-2H3,(H,31,35). The summed E-state index contributed by atoms with van der Waals surface area (Å²) >= 11 is 6.09. The van der Waals surface area contributed by atoms with Gasteiger partial charge in [-0.1, -0.05) is 30.7 Å². The highest BCUT2D eigenvalue weighted by molar-refractivity contribution is 6.30. The van der Waals surface area contributed by atoms with Crippen LogP contribution in [0.4, 0.5) is 5.69 Å². The lowest BCUT2D eigenvalue weighted by Crippen LogP contribution is -2.38. The third-order valence-electron chi connectivity index (χ3n) is 6.77. The van der Waals surface area contributed by atoms with E-state index in [9.17, 15) is 4.79 Å². The molecule has 2 aromatic heterocycles. The Morgan fingerprint density at radius 3 is 2.43 bits per heavy atom. The molecule has 37 heavy (non-hydrogen) atoms. The number of fused-ring (bicyclic) bond motifs is 1. The number of imidazole rings is 1. The molecule has 3 heterocycles. The largest absolute Gasteiger partial charge is 0.497 e. The number of methoxy groups -OCH3 is 1. The summed E-state index contributed by atoms with van der Waals surface area (Å²) in [6, 6.07) is 19.7. The van der Waals surface area contributed by atoms with Gasteiger partial charge in [0.15, 0.2) is 0 Å². The van der Waals surface area contributed by atoms with Gasteiger partial charge in [-0.05, 0) is 54.4 Å². The molecular weight excluding hydrogens is 488 g/mol. The van der Waals surface area contributed by atoms with Crippen molar-refractivity contribution in [1.82, 2.24) is 14.7 Å². The van der Waals surface area contributed by atoms with Gasteiger partial charge < -0.3 is 19.7 Å². The molecule has 0 bridgehead atoms. The molecule has 1 aliphatic rings. The molecule has 1 saturated heterocycles. The van der Waals surface area contributed by atoms with Crippen LogP contribution in [0.5, 0.6) is 11.5 Å². The van der Waals surface area contributed by atoms with Crippen LogP contribution in [-0.2, 0) is 13.0 Å². The second-order valence-corrected chi connectivity index (χ2v) is 9.60. The monoisotopic (exact) mass is 518 g/mol. The van der Waals surface area contributed by atoms with Gasteiger partial charge in [-0.15, -0.1) is 0 Å². The topological polar surface area (TPSA) is 68.1 Å². The number of hydrogen-bond acceptors (Lipinski definition) is 5. The molecule has 0 spiro atoms. The Labute approximate surface area is 222 Å². The first-order valence-electron chi connectivity index (χ1n) is 12.6. The van der Waals surface area contributed by atoms with Crippen LogP contribution in [0.2, 0.25) is 5.02 Å². The number of nitrogens with one attached hydrogen (secondary N) is 1. The number of carbonyl (C=O) groups excluding carboxylic acids is 1. The number of nitrogens with zero attached hydrogens (tertiary/aromatic N) is 3. The molecule has 0 unspecified atom stereocenters. The number of aromatic nitrogens is 2. The number of pyridine rings is 1. The lowest BCUT2D eigenvalue weighted by molar-refractivity contribution is 0.0944. The first kappa shape index (κ1) is 25.0. The van der Waals surface area contributed by atoms with E-state index in [1.807, 2.05) is 31.2 Å². The number of amides is 1. The first-order valence-corrected chi connectivity index (χ1v) is 13.0. The Bertz CT molecular complexity index is 1360. The lowest BCUT2D eigenvalue weighted by atomic mass is 10.1. The molecule has 4 aromatic rings. The number of hydrogen-bond donors (Lipinski definition) is 1. The number of anilines is 1. The summed E-state index contributed by atoms with van der Waals surface area (Å²) in [7, 11) is 1.66. The highest BCUT2D eigenvalue weighted by Crippen LogP contribution is 2.25. The molecule has 5 rings (SSSR count). The molecule has 7 nitrogen and oxygen atoms in total. The molecule has 8 heteroatoms. The van der Waals surface area contributed by atoms with Crippen molar-refractivity contribution >= 4 is 28.8 Å². The van der Waals surface area contributed by atoms with E-state index in [2.05, 4.69) is 39.5 Å². The fraction of sp³-hybridized carbons (Fsp3) is 0.310. The fourth-order valence-electron chi connectivity index (χ4n) is 4.72. The number of benzene rings is 2. The van der Waals surface area contributed by atoms with Gasteiger partial charge in [0.25, 0.3) is 5.91 Å². The quantitative estimate of drug-likeness (QED) is 0.332. The zero-order valence-electron chi connectivity index (χ0n) is 21.1. The molecule has 1 amide bonds. The summed E-state index contributed by atoms with van der Waals surface area (Å²) in [6.45, 7) is 4.32. The number of halogens is 1. The fourth-order valence-corrected chi connectivity index (χ4v) is 4.88. The second kappa shape index (κ2) is 11.1. The van der Waals surface area contributed by atoms with Crippen LogP contribution < -0.4 is 19.7 Å². The zero-order chi connectivity index (χ0) is 25.8. The van der Waals surface area contributed by atoms with Gasteiger partial charge >= 0.3 is 0 Å². The highest BCUT2D eigenvalue weighted by Gasteiger charge is 2.21. The molecule has 0 atom stereocenters. The molecule has 2 aromatic carbocycles. The van der Waals surface area contributed by atoms with E-state index in [1.165, 1.54) is 5.69 Å². The molecule has 0 aliphatic carbocycles. The minimum atomic E-state index is -0.144. The Morgan fingerprint density at radius 2 is 1.76 bits per heavy atom. The van der Waals surface area contributed by atoms with Crippen molar-refractivity contribution < 1.29 is 14.3 Å². The third kappa shape index (κ3) is 5.67. The molecule has 0 saturated carbocycles. The van der Waals surface area contributed by atoms with Crippen LogP contribution in [0.25, 0.3) is 5.65 Å². The second-order valence-electron chi connectivity index (χ2n) is 9.16. The molecule has 0 radical (unpaired) electrons. The van der Waals surface area contributed by atoms with E-state index in [0.29, 0.717) is 29.3 Å². The Balaban J connectivity index is 1.15. The maximum atomic E-state index is 13.0. The molecule has 1 aliphatic heterocycles. The summed E-state index contributed by atoms with van der Waals surface area (Å²) in [5, 5.41) is 3.65.